The molecule has 0 aliphatic heterocycles. The molecule has 2 aromatic rings. The monoisotopic (exact) mass is 329 g/mol. The number of aromatic nitrogens is 2. The number of aromatic amines is 1. The topological polar surface area (TPSA) is 104 Å². The van der Waals surface area contributed by atoms with Crippen molar-refractivity contribution in [1.82, 2.24) is 20.2 Å². The van der Waals surface area contributed by atoms with E-state index in [1.807, 2.05) is 50.2 Å². The van der Waals surface area contributed by atoms with Crippen molar-refractivity contribution in [1.29, 1.82) is 0 Å². The van der Waals surface area contributed by atoms with Gasteiger partial charge in [-0.25, -0.2) is 4.98 Å². The van der Waals surface area contributed by atoms with Crippen LogP contribution in [-0.4, -0.2) is 41.4 Å². The summed E-state index contributed by atoms with van der Waals surface area (Å²) >= 11 is 0. The molecule has 1 heterocycles. The number of nitrogens with two attached hydrogens (primary N) is 1. The molecule has 1 amide bonds. The molecule has 0 spiro atoms. The highest BCUT2D eigenvalue weighted by Gasteiger charge is 2.23. The molecule has 0 saturated heterocycles. The third kappa shape index (κ3) is 4.42. The molecule has 1 aromatic heterocycles. The SMILES string of the molecule is Cc1ccccc1[C@H](C(=O)NCCc1nc(N)cc(=O)[nH]1)N(C)C. The number of anilines is 1. The number of hydrogen-bond donors (Lipinski definition) is 3. The molecule has 128 valence electrons. The molecule has 4 N–H and O–H groups in total. The van der Waals surface area contributed by atoms with Crippen molar-refractivity contribution >= 4 is 11.7 Å². The first-order valence-electron chi connectivity index (χ1n) is 7.74. The van der Waals surface area contributed by atoms with E-state index in [9.17, 15) is 9.59 Å². The molecule has 24 heavy (non-hydrogen) atoms. The molecule has 2 rings (SSSR count). The molecule has 1 aromatic carbocycles. The van der Waals surface area contributed by atoms with Crippen molar-refractivity contribution in [2.24, 2.45) is 0 Å². The fourth-order valence-corrected chi connectivity index (χ4v) is 2.60. The molecule has 7 heteroatoms. The zero-order chi connectivity index (χ0) is 17.7. The van der Waals surface area contributed by atoms with Gasteiger partial charge in [0.1, 0.15) is 17.7 Å². The Morgan fingerprint density at radius 1 is 1.38 bits per heavy atom. The zero-order valence-corrected chi connectivity index (χ0v) is 14.2. The van der Waals surface area contributed by atoms with Gasteiger partial charge in [-0.15, -0.1) is 0 Å². The number of nitrogens with one attached hydrogen (secondary N) is 2. The van der Waals surface area contributed by atoms with Gasteiger partial charge in [0.2, 0.25) is 5.91 Å². The maximum absolute atomic E-state index is 12.6. The highest BCUT2D eigenvalue weighted by atomic mass is 16.2. The minimum Gasteiger partial charge on any atom is -0.383 e. The summed E-state index contributed by atoms with van der Waals surface area (Å²) in [7, 11) is 3.74. The number of carbonyl (C=O) groups is 1. The largest absolute Gasteiger partial charge is 0.383 e. The van der Waals surface area contributed by atoms with E-state index in [1.54, 1.807) is 0 Å². The third-order valence-electron chi connectivity index (χ3n) is 3.72. The van der Waals surface area contributed by atoms with Crippen LogP contribution in [0.4, 0.5) is 5.82 Å². The average Bonchev–Trinajstić information content (AvgIpc) is 2.48. The van der Waals surface area contributed by atoms with Crippen LogP contribution in [0.1, 0.15) is 23.0 Å². The van der Waals surface area contributed by atoms with Crippen LogP contribution >= 0.6 is 0 Å². The van der Waals surface area contributed by atoms with E-state index in [2.05, 4.69) is 15.3 Å². The molecular formula is C17H23N5O2. The van der Waals surface area contributed by atoms with Gasteiger partial charge < -0.3 is 16.0 Å². The van der Waals surface area contributed by atoms with Gasteiger partial charge in [0.25, 0.3) is 5.56 Å². The Balaban J connectivity index is 2.04. The van der Waals surface area contributed by atoms with Gasteiger partial charge in [0.05, 0.1) is 0 Å². The number of benzene rings is 1. The van der Waals surface area contributed by atoms with Crippen LogP contribution in [0.25, 0.3) is 0 Å². The summed E-state index contributed by atoms with van der Waals surface area (Å²) in [6.45, 7) is 2.35. The second kappa shape index (κ2) is 7.74. The summed E-state index contributed by atoms with van der Waals surface area (Å²) in [6.07, 6.45) is 0.403. The number of carbonyl (C=O) groups excluding carboxylic acids is 1. The van der Waals surface area contributed by atoms with Gasteiger partial charge in [-0.1, -0.05) is 24.3 Å². The van der Waals surface area contributed by atoms with Gasteiger partial charge in [-0.2, -0.15) is 0 Å². The molecule has 7 nitrogen and oxygen atoms in total. The maximum Gasteiger partial charge on any atom is 0.252 e. The fourth-order valence-electron chi connectivity index (χ4n) is 2.60. The van der Waals surface area contributed by atoms with Crippen molar-refractivity contribution in [2.75, 3.05) is 26.4 Å². The minimum absolute atomic E-state index is 0.0967. The van der Waals surface area contributed by atoms with Crippen LogP contribution in [0.5, 0.6) is 0 Å². The molecule has 0 fully saturated rings. The fraction of sp³-hybridized carbons (Fsp3) is 0.353. The second-order valence-corrected chi connectivity index (χ2v) is 5.88. The number of aryl methyl sites for hydroxylation is 1. The van der Waals surface area contributed by atoms with Crippen molar-refractivity contribution in [3.63, 3.8) is 0 Å². The zero-order valence-electron chi connectivity index (χ0n) is 14.2. The summed E-state index contributed by atoms with van der Waals surface area (Å²) < 4.78 is 0. The Hall–Kier alpha value is -2.67. The van der Waals surface area contributed by atoms with E-state index in [0.717, 1.165) is 11.1 Å². The van der Waals surface area contributed by atoms with Crippen LogP contribution in [0, 0.1) is 6.92 Å². The van der Waals surface area contributed by atoms with Crippen molar-refractivity contribution in [3.05, 3.63) is 57.6 Å². The Morgan fingerprint density at radius 2 is 2.08 bits per heavy atom. The van der Waals surface area contributed by atoms with Crippen molar-refractivity contribution in [2.45, 2.75) is 19.4 Å². The van der Waals surface area contributed by atoms with Gasteiger partial charge in [-0.3, -0.25) is 14.5 Å². The van der Waals surface area contributed by atoms with Gasteiger partial charge in [0.15, 0.2) is 0 Å². The van der Waals surface area contributed by atoms with Crippen LogP contribution in [0.15, 0.2) is 35.1 Å². The van der Waals surface area contributed by atoms with E-state index < -0.39 is 0 Å². The lowest BCUT2D eigenvalue weighted by atomic mass is 10.00. The third-order valence-corrected chi connectivity index (χ3v) is 3.72. The van der Waals surface area contributed by atoms with E-state index >= 15 is 0 Å². The average molecular weight is 329 g/mol. The Labute approximate surface area is 140 Å². The lowest BCUT2D eigenvalue weighted by molar-refractivity contribution is -0.125. The highest BCUT2D eigenvalue weighted by molar-refractivity contribution is 5.83. The van der Waals surface area contributed by atoms with E-state index in [0.29, 0.717) is 18.8 Å². The highest BCUT2D eigenvalue weighted by Crippen LogP contribution is 2.21. The number of rotatable bonds is 6. The number of likely N-dealkylation sites (N-methyl/N-ethyl adjacent to an activating group) is 1. The molecule has 0 bridgehead atoms. The smallest absolute Gasteiger partial charge is 0.252 e. The predicted octanol–water partition coefficient (Wildman–Crippen LogP) is 0.622. The Kier molecular flexibility index (Phi) is 5.70. The summed E-state index contributed by atoms with van der Waals surface area (Å²) in [4.78, 5) is 32.5. The quantitative estimate of drug-likeness (QED) is 0.721. The standard InChI is InChI=1S/C17H23N5O2/c1-11-6-4-5-7-12(11)16(22(2)3)17(24)19-9-8-14-20-13(18)10-15(23)21-14/h4-7,10,16H,8-9H2,1-3H3,(H,19,24)(H3,18,20,21,23)/t16-/m1/s1. The number of nitrogen functional groups attached to an aromatic ring is 1. The summed E-state index contributed by atoms with van der Waals surface area (Å²) in [6, 6.07) is 8.66. The van der Waals surface area contributed by atoms with Crippen LogP contribution in [-0.2, 0) is 11.2 Å². The summed E-state index contributed by atoms with van der Waals surface area (Å²) in [5.41, 5.74) is 7.28. The normalized spacial score (nSPS) is 12.2. The molecule has 1 atom stereocenters. The number of amides is 1. The van der Waals surface area contributed by atoms with E-state index in [1.165, 1.54) is 6.07 Å². The Bertz CT molecular complexity index is 770. The number of H-pyrrole nitrogens is 1. The first-order chi connectivity index (χ1) is 11.4. The van der Waals surface area contributed by atoms with Crippen LogP contribution < -0.4 is 16.6 Å². The van der Waals surface area contributed by atoms with Gasteiger partial charge in [0, 0.05) is 19.0 Å². The van der Waals surface area contributed by atoms with Crippen LogP contribution in [0.2, 0.25) is 0 Å². The molecule has 0 radical (unpaired) electrons. The first kappa shape index (κ1) is 17.7. The van der Waals surface area contributed by atoms with E-state index in [-0.39, 0.29) is 23.3 Å². The van der Waals surface area contributed by atoms with Gasteiger partial charge in [-0.05, 0) is 32.1 Å². The molecule has 0 aliphatic rings. The predicted molar refractivity (Wildman–Crippen MR) is 93.6 cm³/mol. The van der Waals surface area contributed by atoms with E-state index in [4.69, 9.17) is 5.73 Å². The molecule has 0 unspecified atom stereocenters. The van der Waals surface area contributed by atoms with Crippen molar-refractivity contribution < 1.29 is 4.79 Å². The van der Waals surface area contributed by atoms with Gasteiger partial charge >= 0.3 is 0 Å². The lowest BCUT2D eigenvalue weighted by Crippen LogP contribution is -2.38. The van der Waals surface area contributed by atoms with Crippen LogP contribution in [0.3, 0.4) is 0 Å². The summed E-state index contributed by atoms with van der Waals surface area (Å²) in [5.74, 6) is 0.532. The lowest BCUT2D eigenvalue weighted by Gasteiger charge is -2.25. The Morgan fingerprint density at radius 3 is 2.71 bits per heavy atom. The first-order valence-corrected chi connectivity index (χ1v) is 7.74. The molecule has 0 saturated carbocycles. The number of nitrogens with zero attached hydrogens (tertiary/aromatic N) is 2. The molecular weight excluding hydrogens is 306 g/mol. The minimum atomic E-state index is -0.376. The summed E-state index contributed by atoms with van der Waals surface area (Å²) in [5, 5.41) is 2.89. The number of hydrogen-bond acceptors (Lipinski definition) is 5. The second-order valence-electron chi connectivity index (χ2n) is 5.88. The molecule has 0 aliphatic carbocycles. The maximum atomic E-state index is 12.6. The van der Waals surface area contributed by atoms with Crippen molar-refractivity contribution in [3.8, 4) is 0 Å².